The van der Waals surface area contributed by atoms with Crippen LogP contribution in [0.3, 0.4) is 0 Å². The minimum Gasteiger partial charge on any atom is -0.305 e. The fourth-order valence-corrected chi connectivity index (χ4v) is 2.46. The molecule has 0 saturated carbocycles. The minimum atomic E-state index is -0.509. The average molecular weight is 376 g/mol. The summed E-state index contributed by atoms with van der Waals surface area (Å²) in [5.41, 5.74) is 0.929. The van der Waals surface area contributed by atoms with Gasteiger partial charge in [-0.3, -0.25) is 4.98 Å². The molecule has 1 atom stereocenters. The maximum Gasteiger partial charge on any atom is 0.148 e. The predicted molar refractivity (Wildman–Crippen MR) is 83.4 cm³/mol. The Labute approximate surface area is 135 Å². The lowest BCUT2D eigenvalue weighted by Crippen LogP contribution is -2.25. The maximum atomic E-state index is 14.4. The second kappa shape index (κ2) is 7.29. The second-order valence-electron chi connectivity index (χ2n) is 4.55. The van der Waals surface area contributed by atoms with Gasteiger partial charge in [-0.15, -0.1) is 0 Å². The van der Waals surface area contributed by atoms with Crippen LogP contribution in [0.5, 0.6) is 0 Å². The van der Waals surface area contributed by atoms with Crippen molar-refractivity contribution < 1.29 is 8.78 Å². The van der Waals surface area contributed by atoms with E-state index in [1.807, 2.05) is 6.92 Å². The van der Waals surface area contributed by atoms with Crippen LogP contribution in [0, 0.1) is 11.6 Å². The summed E-state index contributed by atoms with van der Waals surface area (Å²) in [6, 6.07) is 5.70. The molecule has 6 heteroatoms. The number of hydrogen-bond acceptors (Lipinski definition) is 2. The Morgan fingerprint density at radius 3 is 2.67 bits per heavy atom. The first-order valence-electron chi connectivity index (χ1n) is 6.52. The van der Waals surface area contributed by atoms with Crippen LogP contribution in [0.1, 0.15) is 30.6 Å². The van der Waals surface area contributed by atoms with Crippen LogP contribution >= 0.6 is 27.5 Å². The first-order valence-corrected chi connectivity index (χ1v) is 7.70. The Kier molecular flexibility index (Phi) is 5.67. The van der Waals surface area contributed by atoms with Crippen molar-refractivity contribution in [1.82, 2.24) is 10.3 Å². The number of pyridine rings is 1. The van der Waals surface area contributed by atoms with Crippen LogP contribution in [-0.2, 0) is 0 Å². The van der Waals surface area contributed by atoms with Gasteiger partial charge in [-0.1, -0.05) is 24.6 Å². The Bertz CT molecular complexity index is 620. The van der Waals surface area contributed by atoms with Crippen LogP contribution < -0.4 is 5.32 Å². The average Bonchev–Trinajstić information content (AvgIpc) is 2.48. The Hall–Kier alpha value is -1.04. The van der Waals surface area contributed by atoms with Crippen LogP contribution in [0.2, 0.25) is 5.02 Å². The molecule has 2 rings (SSSR count). The van der Waals surface area contributed by atoms with Crippen molar-refractivity contribution in [3.8, 4) is 0 Å². The molecule has 0 saturated heterocycles. The number of rotatable bonds is 5. The summed E-state index contributed by atoms with van der Waals surface area (Å²) in [4.78, 5) is 4.04. The van der Waals surface area contributed by atoms with Crippen molar-refractivity contribution in [3.05, 3.63) is 62.8 Å². The van der Waals surface area contributed by atoms with Gasteiger partial charge in [0.2, 0.25) is 0 Å². The molecule has 21 heavy (non-hydrogen) atoms. The lowest BCUT2D eigenvalue weighted by atomic mass is 10.0. The normalized spacial score (nSPS) is 12.4. The molecule has 1 N–H and O–H groups in total. The van der Waals surface area contributed by atoms with Crippen molar-refractivity contribution in [2.24, 2.45) is 0 Å². The SMILES string of the molecule is CCCNC(c1ccc(F)cn1)c1ccc(Br)c(Cl)c1F. The molecular weight excluding hydrogens is 362 g/mol. The molecule has 0 fully saturated rings. The van der Waals surface area contributed by atoms with E-state index in [0.29, 0.717) is 22.3 Å². The molecule has 1 heterocycles. The van der Waals surface area contributed by atoms with E-state index in [1.165, 1.54) is 12.1 Å². The molecule has 0 amide bonds. The van der Waals surface area contributed by atoms with Gasteiger partial charge in [0.25, 0.3) is 0 Å². The molecule has 1 aromatic heterocycles. The number of benzene rings is 1. The van der Waals surface area contributed by atoms with Gasteiger partial charge < -0.3 is 5.32 Å². The van der Waals surface area contributed by atoms with E-state index in [4.69, 9.17) is 11.6 Å². The zero-order valence-corrected chi connectivity index (χ0v) is 13.7. The van der Waals surface area contributed by atoms with Crippen LogP contribution in [-0.4, -0.2) is 11.5 Å². The van der Waals surface area contributed by atoms with Gasteiger partial charge in [-0.25, -0.2) is 8.78 Å². The van der Waals surface area contributed by atoms with Gasteiger partial charge in [0, 0.05) is 10.0 Å². The molecule has 0 spiro atoms. The van der Waals surface area contributed by atoms with Crippen molar-refractivity contribution in [2.75, 3.05) is 6.54 Å². The third kappa shape index (κ3) is 3.78. The summed E-state index contributed by atoms with van der Waals surface area (Å²) < 4.78 is 27.9. The summed E-state index contributed by atoms with van der Waals surface area (Å²) in [5.74, 6) is -0.937. The molecule has 2 nitrogen and oxygen atoms in total. The summed E-state index contributed by atoms with van der Waals surface area (Å²) in [6.07, 6.45) is 2.00. The van der Waals surface area contributed by atoms with E-state index in [2.05, 4.69) is 26.2 Å². The molecule has 1 aromatic carbocycles. The van der Waals surface area contributed by atoms with Gasteiger partial charge in [-0.2, -0.15) is 0 Å². The van der Waals surface area contributed by atoms with E-state index < -0.39 is 17.7 Å². The highest BCUT2D eigenvalue weighted by Gasteiger charge is 2.21. The molecule has 1 unspecified atom stereocenters. The lowest BCUT2D eigenvalue weighted by molar-refractivity contribution is 0.536. The van der Waals surface area contributed by atoms with E-state index >= 15 is 0 Å². The Morgan fingerprint density at radius 1 is 1.29 bits per heavy atom. The van der Waals surface area contributed by atoms with Crippen molar-refractivity contribution in [1.29, 1.82) is 0 Å². The van der Waals surface area contributed by atoms with Gasteiger partial charge in [0.1, 0.15) is 11.6 Å². The number of nitrogens with one attached hydrogen (secondary N) is 1. The van der Waals surface area contributed by atoms with Gasteiger partial charge in [-0.05, 0) is 47.1 Å². The Morgan fingerprint density at radius 2 is 2.05 bits per heavy atom. The fraction of sp³-hybridized carbons (Fsp3) is 0.267. The van der Waals surface area contributed by atoms with Crippen LogP contribution in [0.15, 0.2) is 34.9 Å². The Balaban J connectivity index is 2.45. The molecule has 0 aliphatic heterocycles. The number of nitrogens with zero attached hydrogens (tertiary/aromatic N) is 1. The first kappa shape index (κ1) is 16.3. The van der Waals surface area contributed by atoms with Gasteiger partial charge >= 0.3 is 0 Å². The summed E-state index contributed by atoms with van der Waals surface area (Å²) in [5, 5.41) is 3.24. The van der Waals surface area contributed by atoms with E-state index in [9.17, 15) is 8.78 Å². The lowest BCUT2D eigenvalue weighted by Gasteiger charge is -2.20. The summed E-state index contributed by atoms with van der Waals surface area (Å²) in [6.45, 7) is 2.68. The third-order valence-electron chi connectivity index (χ3n) is 3.02. The minimum absolute atomic E-state index is 0.0258. The van der Waals surface area contributed by atoms with E-state index in [-0.39, 0.29) is 5.02 Å². The summed E-state index contributed by atoms with van der Waals surface area (Å²) >= 11 is 9.13. The first-order chi connectivity index (χ1) is 10.0. The standard InChI is InChI=1S/C15H14BrClF2N2/c1-2-7-20-15(12-6-3-9(18)8-21-12)10-4-5-11(16)13(17)14(10)19/h3-6,8,15,20H,2,7H2,1H3. The largest absolute Gasteiger partial charge is 0.305 e. The topological polar surface area (TPSA) is 24.9 Å². The van der Waals surface area contributed by atoms with Crippen LogP contribution in [0.25, 0.3) is 0 Å². The third-order valence-corrected chi connectivity index (χ3v) is 4.28. The number of hydrogen-bond donors (Lipinski definition) is 1. The molecule has 0 bridgehead atoms. The van der Waals surface area contributed by atoms with Gasteiger partial charge in [0.15, 0.2) is 0 Å². The predicted octanol–water partition coefficient (Wildman–Crippen LogP) is 4.86. The highest BCUT2D eigenvalue weighted by atomic mass is 79.9. The molecule has 0 radical (unpaired) electrons. The zero-order valence-electron chi connectivity index (χ0n) is 11.3. The zero-order chi connectivity index (χ0) is 15.4. The number of halogens is 4. The van der Waals surface area contributed by atoms with Crippen molar-refractivity contribution in [2.45, 2.75) is 19.4 Å². The molecule has 0 aliphatic carbocycles. The monoisotopic (exact) mass is 374 g/mol. The van der Waals surface area contributed by atoms with E-state index in [1.54, 1.807) is 12.1 Å². The molecule has 112 valence electrons. The summed E-state index contributed by atoms with van der Waals surface area (Å²) in [7, 11) is 0. The van der Waals surface area contributed by atoms with Crippen LogP contribution in [0.4, 0.5) is 8.78 Å². The molecule has 0 aliphatic rings. The van der Waals surface area contributed by atoms with Gasteiger partial charge in [0.05, 0.1) is 23.0 Å². The maximum absolute atomic E-state index is 14.4. The highest BCUT2D eigenvalue weighted by molar-refractivity contribution is 9.10. The fourth-order valence-electron chi connectivity index (χ4n) is 1.98. The smallest absolute Gasteiger partial charge is 0.148 e. The van der Waals surface area contributed by atoms with E-state index in [0.717, 1.165) is 12.6 Å². The second-order valence-corrected chi connectivity index (χ2v) is 5.79. The highest BCUT2D eigenvalue weighted by Crippen LogP contribution is 2.32. The van der Waals surface area contributed by atoms with Crippen molar-refractivity contribution in [3.63, 3.8) is 0 Å². The quantitative estimate of drug-likeness (QED) is 0.755. The van der Waals surface area contributed by atoms with Crippen molar-refractivity contribution >= 4 is 27.5 Å². The number of aromatic nitrogens is 1. The molecule has 2 aromatic rings. The molecular formula is C15H14BrClF2N2.